The van der Waals surface area contributed by atoms with Crippen LogP contribution < -0.4 is 5.56 Å². The number of rotatable bonds is 3. The summed E-state index contributed by atoms with van der Waals surface area (Å²) in [6.07, 6.45) is 0.285. The zero-order valence-corrected chi connectivity index (χ0v) is 14.2. The lowest BCUT2D eigenvalue weighted by Crippen LogP contribution is -2.33. The molecule has 0 radical (unpaired) electrons. The summed E-state index contributed by atoms with van der Waals surface area (Å²) in [4.78, 5) is 19.6. The van der Waals surface area contributed by atoms with Gasteiger partial charge in [0.1, 0.15) is 5.01 Å². The fourth-order valence-corrected chi connectivity index (χ4v) is 3.98. The third-order valence-electron chi connectivity index (χ3n) is 4.27. The summed E-state index contributed by atoms with van der Waals surface area (Å²) in [5.74, 6) is 0. The molecule has 1 atom stereocenters. The Morgan fingerprint density at radius 2 is 2.21 bits per heavy atom. The van der Waals surface area contributed by atoms with Crippen LogP contribution in [0.25, 0.3) is 4.96 Å². The number of aliphatic hydroxyl groups excluding tert-OH is 1. The minimum absolute atomic E-state index is 0.149. The SMILES string of the molecule is CCc1nn2c(=O)cc(CN3Cc4ccccc4[C@@H](O)C3)nc2s1. The maximum Gasteiger partial charge on any atom is 0.275 e. The molecular formula is C17H18N4O2S. The molecule has 124 valence electrons. The third kappa shape index (κ3) is 2.75. The molecule has 1 aromatic carbocycles. The summed E-state index contributed by atoms with van der Waals surface area (Å²) in [5, 5.41) is 15.5. The van der Waals surface area contributed by atoms with Crippen LogP contribution in [0, 0.1) is 0 Å². The normalized spacial score (nSPS) is 18.0. The van der Waals surface area contributed by atoms with Crippen molar-refractivity contribution < 1.29 is 5.11 Å². The van der Waals surface area contributed by atoms with Gasteiger partial charge in [-0.15, -0.1) is 0 Å². The van der Waals surface area contributed by atoms with Gasteiger partial charge in [0.15, 0.2) is 0 Å². The van der Waals surface area contributed by atoms with Crippen LogP contribution in [0.4, 0.5) is 0 Å². The van der Waals surface area contributed by atoms with Crippen LogP contribution in [-0.2, 0) is 19.5 Å². The van der Waals surface area contributed by atoms with E-state index in [9.17, 15) is 9.90 Å². The van der Waals surface area contributed by atoms with E-state index in [0.29, 0.717) is 18.1 Å². The summed E-state index contributed by atoms with van der Waals surface area (Å²) in [6, 6.07) is 9.47. The van der Waals surface area contributed by atoms with Crippen LogP contribution in [-0.4, -0.2) is 31.1 Å². The summed E-state index contributed by atoms with van der Waals surface area (Å²) >= 11 is 1.45. The van der Waals surface area contributed by atoms with Crippen LogP contribution in [0.5, 0.6) is 0 Å². The largest absolute Gasteiger partial charge is 0.387 e. The lowest BCUT2D eigenvalue weighted by Gasteiger charge is -2.31. The molecule has 1 aliphatic rings. The fourth-order valence-electron chi connectivity index (χ4n) is 3.12. The first-order valence-electron chi connectivity index (χ1n) is 8.01. The van der Waals surface area contributed by atoms with Crippen molar-refractivity contribution >= 4 is 16.3 Å². The molecule has 1 aliphatic heterocycles. The predicted octanol–water partition coefficient (Wildman–Crippen LogP) is 1.76. The Balaban J connectivity index is 1.62. The fraction of sp³-hybridized carbons (Fsp3) is 0.353. The van der Waals surface area contributed by atoms with E-state index in [0.717, 1.165) is 34.8 Å². The number of aromatic nitrogens is 3. The number of aliphatic hydroxyl groups is 1. The van der Waals surface area contributed by atoms with E-state index in [1.807, 2.05) is 31.2 Å². The number of nitrogens with zero attached hydrogens (tertiary/aromatic N) is 4. The number of hydrogen-bond acceptors (Lipinski definition) is 6. The van der Waals surface area contributed by atoms with Gasteiger partial charge in [0.2, 0.25) is 4.96 Å². The van der Waals surface area contributed by atoms with E-state index in [-0.39, 0.29) is 5.56 Å². The van der Waals surface area contributed by atoms with Gasteiger partial charge >= 0.3 is 0 Å². The number of aryl methyl sites for hydroxylation is 1. The highest BCUT2D eigenvalue weighted by Gasteiger charge is 2.23. The van der Waals surface area contributed by atoms with Gasteiger partial charge in [0.05, 0.1) is 11.8 Å². The molecule has 2 aromatic heterocycles. The van der Waals surface area contributed by atoms with Crippen LogP contribution in [0.3, 0.4) is 0 Å². The lowest BCUT2D eigenvalue weighted by atomic mass is 9.97. The molecule has 4 rings (SSSR count). The molecule has 6 nitrogen and oxygen atoms in total. The van der Waals surface area contributed by atoms with Crippen LogP contribution in [0.1, 0.15) is 34.9 Å². The second kappa shape index (κ2) is 6.08. The van der Waals surface area contributed by atoms with Crippen molar-refractivity contribution in [3.63, 3.8) is 0 Å². The third-order valence-corrected chi connectivity index (χ3v) is 5.32. The zero-order valence-electron chi connectivity index (χ0n) is 13.3. The standard InChI is InChI=1S/C17H18N4O2S/c1-2-15-19-21-16(23)7-12(18-17(21)24-15)9-20-8-11-5-3-4-6-13(11)14(22)10-20/h3-7,14,22H,2,8-10H2,1H3/t14-/m0/s1. The van der Waals surface area contributed by atoms with Crippen molar-refractivity contribution in [2.75, 3.05) is 6.54 Å². The summed E-state index contributed by atoms with van der Waals surface area (Å²) in [6.45, 7) is 3.84. The Labute approximate surface area is 143 Å². The number of benzene rings is 1. The second-order valence-corrected chi connectivity index (χ2v) is 7.05. The van der Waals surface area contributed by atoms with Gasteiger partial charge < -0.3 is 5.11 Å². The molecule has 0 aliphatic carbocycles. The Hall–Kier alpha value is -2.09. The maximum atomic E-state index is 12.2. The van der Waals surface area contributed by atoms with Crippen molar-refractivity contribution in [2.45, 2.75) is 32.5 Å². The predicted molar refractivity (Wildman–Crippen MR) is 92.0 cm³/mol. The average Bonchev–Trinajstić information content (AvgIpc) is 2.99. The molecule has 0 unspecified atom stereocenters. The Morgan fingerprint density at radius 1 is 1.38 bits per heavy atom. The minimum Gasteiger partial charge on any atom is -0.387 e. The van der Waals surface area contributed by atoms with Gasteiger partial charge in [0, 0.05) is 25.7 Å². The van der Waals surface area contributed by atoms with Gasteiger partial charge in [-0.25, -0.2) is 4.98 Å². The average molecular weight is 342 g/mol. The van der Waals surface area contributed by atoms with Crippen LogP contribution in [0.15, 0.2) is 35.1 Å². The van der Waals surface area contributed by atoms with Crippen molar-refractivity contribution in [1.82, 2.24) is 19.5 Å². The monoisotopic (exact) mass is 342 g/mol. The minimum atomic E-state index is -0.505. The molecule has 1 N–H and O–H groups in total. The molecule has 0 saturated carbocycles. The van der Waals surface area contributed by atoms with E-state index in [1.54, 1.807) is 6.07 Å². The van der Waals surface area contributed by atoms with Crippen LogP contribution >= 0.6 is 11.3 Å². The highest BCUT2D eigenvalue weighted by Crippen LogP contribution is 2.27. The highest BCUT2D eigenvalue weighted by molar-refractivity contribution is 7.16. The first kappa shape index (κ1) is 15.4. The summed E-state index contributed by atoms with van der Waals surface area (Å²) in [7, 11) is 0. The topological polar surface area (TPSA) is 70.7 Å². The lowest BCUT2D eigenvalue weighted by molar-refractivity contribution is 0.0875. The van der Waals surface area contributed by atoms with Crippen molar-refractivity contribution in [3.05, 3.63) is 62.5 Å². The molecule has 24 heavy (non-hydrogen) atoms. The first-order chi connectivity index (χ1) is 11.6. The zero-order chi connectivity index (χ0) is 16.7. The molecule has 0 fully saturated rings. The Kier molecular flexibility index (Phi) is 3.91. The molecule has 0 spiro atoms. The molecule has 7 heteroatoms. The van der Waals surface area contributed by atoms with Gasteiger partial charge in [-0.3, -0.25) is 9.69 Å². The maximum absolute atomic E-state index is 12.2. The number of fused-ring (bicyclic) bond motifs is 2. The van der Waals surface area contributed by atoms with E-state index in [4.69, 9.17) is 0 Å². The Bertz CT molecular complexity index is 949. The van der Waals surface area contributed by atoms with E-state index < -0.39 is 6.10 Å². The van der Waals surface area contributed by atoms with E-state index in [1.165, 1.54) is 15.9 Å². The highest BCUT2D eigenvalue weighted by atomic mass is 32.1. The molecule has 0 saturated heterocycles. The van der Waals surface area contributed by atoms with E-state index in [2.05, 4.69) is 15.0 Å². The number of β-amino-alcohol motifs (C(OH)–C–C–N with tert-alkyl or cyclic N) is 1. The number of hydrogen-bond donors (Lipinski definition) is 1. The Morgan fingerprint density at radius 3 is 3.04 bits per heavy atom. The summed E-state index contributed by atoms with van der Waals surface area (Å²) < 4.78 is 1.37. The first-order valence-corrected chi connectivity index (χ1v) is 8.82. The quantitative estimate of drug-likeness (QED) is 0.785. The van der Waals surface area contributed by atoms with Crippen molar-refractivity contribution in [3.8, 4) is 0 Å². The summed E-state index contributed by atoms with van der Waals surface area (Å²) in [5.41, 5.74) is 2.69. The van der Waals surface area contributed by atoms with Gasteiger partial charge in [0.25, 0.3) is 5.56 Å². The molecule has 0 amide bonds. The van der Waals surface area contributed by atoms with Gasteiger partial charge in [-0.2, -0.15) is 9.61 Å². The molecule has 3 aromatic rings. The van der Waals surface area contributed by atoms with Crippen LogP contribution in [0.2, 0.25) is 0 Å². The van der Waals surface area contributed by atoms with Gasteiger partial charge in [-0.05, 0) is 17.5 Å². The van der Waals surface area contributed by atoms with Crippen molar-refractivity contribution in [2.24, 2.45) is 0 Å². The molecule has 0 bridgehead atoms. The molecular weight excluding hydrogens is 324 g/mol. The van der Waals surface area contributed by atoms with E-state index >= 15 is 0 Å². The second-order valence-electron chi connectivity index (χ2n) is 6.01. The molecule has 3 heterocycles. The smallest absolute Gasteiger partial charge is 0.275 e. The van der Waals surface area contributed by atoms with Crippen molar-refractivity contribution in [1.29, 1.82) is 0 Å². The van der Waals surface area contributed by atoms with Gasteiger partial charge in [-0.1, -0.05) is 42.5 Å².